The number of nitrogens with one attached hydrogen (secondary N) is 2. The third-order valence-electron chi connectivity index (χ3n) is 3.14. The lowest BCUT2D eigenvalue weighted by Gasteiger charge is -2.20. The van der Waals surface area contributed by atoms with E-state index in [0.29, 0.717) is 0 Å². The van der Waals surface area contributed by atoms with Crippen molar-refractivity contribution >= 4 is 10.0 Å². The minimum absolute atomic E-state index is 0.0242. The van der Waals surface area contributed by atoms with Crippen molar-refractivity contribution in [1.29, 1.82) is 0 Å². The van der Waals surface area contributed by atoms with Crippen LogP contribution in [0.2, 0.25) is 0 Å². The molecular weight excluding hydrogens is 268 g/mol. The van der Waals surface area contributed by atoms with Crippen molar-refractivity contribution in [3.8, 4) is 0 Å². The van der Waals surface area contributed by atoms with Gasteiger partial charge in [-0.25, -0.2) is 13.1 Å². The SMILES string of the molecule is CCC(CC)C(O)CNS(=O)(=O)c1ccc(=O)[nH]c1. The Kier molecular flexibility index (Phi) is 5.71. The first kappa shape index (κ1) is 15.9. The van der Waals surface area contributed by atoms with Crippen molar-refractivity contribution in [2.45, 2.75) is 37.7 Å². The predicted octanol–water partition coefficient (Wildman–Crippen LogP) is 0.450. The summed E-state index contributed by atoms with van der Waals surface area (Å²) in [4.78, 5) is 13.1. The highest BCUT2D eigenvalue weighted by atomic mass is 32.2. The highest BCUT2D eigenvalue weighted by Gasteiger charge is 2.20. The van der Waals surface area contributed by atoms with E-state index in [0.717, 1.165) is 25.1 Å². The molecule has 0 bridgehead atoms. The van der Waals surface area contributed by atoms with Crippen LogP contribution in [-0.4, -0.2) is 31.2 Å². The van der Waals surface area contributed by atoms with Gasteiger partial charge < -0.3 is 10.1 Å². The number of hydrogen-bond acceptors (Lipinski definition) is 4. The molecule has 0 saturated carbocycles. The number of aromatic amines is 1. The highest BCUT2D eigenvalue weighted by Crippen LogP contribution is 2.13. The Bertz CT molecular complexity index is 529. The third-order valence-corrected chi connectivity index (χ3v) is 4.56. The summed E-state index contributed by atoms with van der Waals surface area (Å²) in [6, 6.07) is 2.37. The monoisotopic (exact) mass is 288 g/mol. The first-order valence-corrected chi connectivity index (χ1v) is 7.75. The molecule has 0 spiro atoms. The molecule has 3 N–H and O–H groups in total. The molecule has 0 fully saturated rings. The van der Waals surface area contributed by atoms with Crippen molar-refractivity contribution in [2.75, 3.05) is 6.54 Å². The average molecular weight is 288 g/mol. The molecule has 6 nitrogen and oxygen atoms in total. The molecule has 1 atom stereocenters. The Morgan fingerprint density at radius 2 is 1.95 bits per heavy atom. The first-order valence-electron chi connectivity index (χ1n) is 6.27. The fourth-order valence-corrected chi connectivity index (χ4v) is 2.86. The number of pyridine rings is 1. The van der Waals surface area contributed by atoms with Crippen LogP contribution in [0.4, 0.5) is 0 Å². The molecule has 19 heavy (non-hydrogen) atoms. The molecule has 0 radical (unpaired) electrons. The molecule has 1 aromatic heterocycles. The lowest BCUT2D eigenvalue weighted by molar-refractivity contribution is 0.107. The van der Waals surface area contributed by atoms with Gasteiger partial charge in [0.15, 0.2) is 0 Å². The molecule has 0 aliphatic rings. The van der Waals surface area contributed by atoms with Crippen LogP contribution in [0, 0.1) is 5.92 Å². The van der Waals surface area contributed by atoms with Gasteiger partial charge in [-0.2, -0.15) is 0 Å². The number of aromatic nitrogens is 1. The number of H-pyrrole nitrogens is 1. The summed E-state index contributed by atoms with van der Waals surface area (Å²) in [5.74, 6) is 0.0679. The maximum Gasteiger partial charge on any atom is 0.247 e. The summed E-state index contributed by atoms with van der Waals surface area (Å²) in [6.45, 7) is 3.87. The van der Waals surface area contributed by atoms with E-state index in [1.807, 2.05) is 13.8 Å². The topological polar surface area (TPSA) is 99.3 Å². The van der Waals surface area contributed by atoms with Crippen LogP contribution in [0.5, 0.6) is 0 Å². The Labute approximate surface area is 112 Å². The van der Waals surface area contributed by atoms with Crippen molar-refractivity contribution < 1.29 is 13.5 Å². The summed E-state index contributed by atoms with van der Waals surface area (Å²) >= 11 is 0. The molecule has 0 amide bonds. The van der Waals surface area contributed by atoms with Crippen LogP contribution in [0.15, 0.2) is 28.0 Å². The zero-order valence-corrected chi connectivity index (χ0v) is 11.9. The molecule has 0 aromatic carbocycles. The van der Waals surface area contributed by atoms with E-state index in [9.17, 15) is 18.3 Å². The number of aliphatic hydroxyl groups excluding tert-OH is 1. The van der Waals surface area contributed by atoms with Crippen molar-refractivity contribution in [1.82, 2.24) is 9.71 Å². The molecule has 1 rings (SSSR count). The fraction of sp³-hybridized carbons (Fsp3) is 0.583. The lowest BCUT2D eigenvalue weighted by atomic mass is 9.97. The van der Waals surface area contributed by atoms with Gasteiger partial charge in [0.05, 0.1) is 11.0 Å². The lowest BCUT2D eigenvalue weighted by Crippen LogP contribution is -2.36. The van der Waals surface area contributed by atoms with E-state index >= 15 is 0 Å². The summed E-state index contributed by atoms with van der Waals surface area (Å²) in [5.41, 5.74) is -0.365. The maximum atomic E-state index is 11.9. The van der Waals surface area contributed by atoms with E-state index in [1.165, 1.54) is 6.07 Å². The Hall–Kier alpha value is -1.18. The Morgan fingerprint density at radius 1 is 1.32 bits per heavy atom. The maximum absolute atomic E-state index is 11.9. The average Bonchev–Trinajstić information content (AvgIpc) is 2.38. The Balaban J connectivity index is 2.70. The zero-order chi connectivity index (χ0) is 14.5. The summed E-state index contributed by atoms with van der Waals surface area (Å²) in [5, 5.41) is 9.88. The van der Waals surface area contributed by atoms with Gasteiger partial charge in [0, 0.05) is 18.8 Å². The van der Waals surface area contributed by atoms with Crippen LogP contribution >= 0.6 is 0 Å². The van der Waals surface area contributed by atoms with Gasteiger partial charge in [-0.05, 0) is 12.0 Å². The normalized spacial score (nSPS) is 13.7. The van der Waals surface area contributed by atoms with Gasteiger partial charge in [0.1, 0.15) is 0 Å². The minimum atomic E-state index is -3.70. The van der Waals surface area contributed by atoms with Crippen LogP contribution in [0.3, 0.4) is 0 Å². The molecule has 1 heterocycles. The minimum Gasteiger partial charge on any atom is -0.391 e. The van der Waals surface area contributed by atoms with Crippen LogP contribution in [0.1, 0.15) is 26.7 Å². The van der Waals surface area contributed by atoms with E-state index in [1.54, 1.807) is 0 Å². The van der Waals surface area contributed by atoms with E-state index < -0.39 is 16.1 Å². The van der Waals surface area contributed by atoms with Gasteiger partial charge >= 0.3 is 0 Å². The first-order chi connectivity index (χ1) is 8.90. The highest BCUT2D eigenvalue weighted by molar-refractivity contribution is 7.89. The zero-order valence-electron chi connectivity index (χ0n) is 11.1. The fourth-order valence-electron chi connectivity index (χ4n) is 1.84. The van der Waals surface area contributed by atoms with E-state index in [4.69, 9.17) is 0 Å². The number of hydrogen-bond donors (Lipinski definition) is 3. The largest absolute Gasteiger partial charge is 0.391 e. The van der Waals surface area contributed by atoms with Crippen molar-refractivity contribution in [3.05, 3.63) is 28.7 Å². The molecule has 108 valence electrons. The molecule has 1 aromatic rings. The van der Waals surface area contributed by atoms with Gasteiger partial charge in [-0.15, -0.1) is 0 Å². The predicted molar refractivity (Wildman–Crippen MR) is 72.3 cm³/mol. The van der Waals surface area contributed by atoms with Crippen LogP contribution in [-0.2, 0) is 10.0 Å². The summed E-state index contributed by atoms with van der Waals surface area (Å²) < 4.78 is 26.1. The van der Waals surface area contributed by atoms with Crippen LogP contribution < -0.4 is 10.3 Å². The molecule has 0 aliphatic carbocycles. The Morgan fingerprint density at radius 3 is 2.42 bits per heavy atom. The third kappa shape index (κ3) is 4.45. The van der Waals surface area contributed by atoms with Gasteiger partial charge in [-0.1, -0.05) is 26.7 Å². The van der Waals surface area contributed by atoms with Gasteiger partial charge in [0.2, 0.25) is 15.6 Å². The molecule has 1 unspecified atom stereocenters. The smallest absolute Gasteiger partial charge is 0.247 e. The molecule has 0 aliphatic heterocycles. The number of aliphatic hydroxyl groups is 1. The van der Waals surface area contributed by atoms with Crippen molar-refractivity contribution in [3.63, 3.8) is 0 Å². The van der Waals surface area contributed by atoms with E-state index in [-0.39, 0.29) is 22.9 Å². The van der Waals surface area contributed by atoms with Crippen molar-refractivity contribution in [2.24, 2.45) is 5.92 Å². The second-order valence-electron chi connectivity index (χ2n) is 4.38. The summed E-state index contributed by atoms with van der Waals surface area (Å²) in [6.07, 6.45) is 2.00. The molecule has 0 saturated heterocycles. The number of sulfonamides is 1. The van der Waals surface area contributed by atoms with Gasteiger partial charge in [0.25, 0.3) is 0 Å². The summed E-state index contributed by atoms with van der Waals surface area (Å²) in [7, 11) is -3.70. The molecule has 7 heteroatoms. The van der Waals surface area contributed by atoms with E-state index in [2.05, 4.69) is 9.71 Å². The second-order valence-corrected chi connectivity index (χ2v) is 6.15. The van der Waals surface area contributed by atoms with Crippen LogP contribution in [0.25, 0.3) is 0 Å². The quantitative estimate of drug-likeness (QED) is 0.678. The molecular formula is C12H20N2O4S. The number of rotatable bonds is 7. The standard InChI is InChI=1S/C12H20N2O4S/c1-3-9(4-2)11(15)8-14-19(17,18)10-5-6-12(16)13-7-10/h5-7,9,11,14-15H,3-4,8H2,1-2H3,(H,13,16). The second kappa shape index (κ2) is 6.83. The van der Waals surface area contributed by atoms with Gasteiger partial charge in [-0.3, -0.25) is 4.79 Å².